The highest BCUT2D eigenvalue weighted by molar-refractivity contribution is 5.97. The second-order valence-corrected chi connectivity index (χ2v) is 9.88. The van der Waals surface area contributed by atoms with Crippen molar-refractivity contribution < 1.29 is 19.1 Å². The van der Waals surface area contributed by atoms with Gasteiger partial charge in [0.25, 0.3) is 11.8 Å². The van der Waals surface area contributed by atoms with Crippen molar-refractivity contribution in [2.45, 2.75) is 24.8 Å². The third kappa shape index (κ3) is 5.57. The summed E-state index contributed by atoms with van der Waals surface area (Å²) in [6.45, 7) is 1.66. The van der Waals surface area contributed by atoms with Crippen molar-refractivity contribution in [1.82, 2.24) is 20.1 Å². The maximum absolute atomic E-state index is 13.9. The zero-order valence-electron chi connectivity index (χ0n) is 22.1. The van der Waals surface area contributed by atoms with E-state index in [2.05, 4.69) is 15.2 Å². The molecule has 2 aliphatic heterocycles. The van der Waals surface area contributed by atoms with E-state index in [9.17, 15) is 14.4 Å². The smallest absolute Gasteiger partial charge is 0.253 e. The first kappa shape index (κ1) is 26.2. The van der Waals surface area contributed by atoms with E-state index in [-0.39, 0.29) is 24.3 Å². The second-order valence-electron chi connectivity index (χ2n) is 9.88. The van der Waals surface area contributed by atoms with Gasteiger partial charge in [-0.05, 0) is 61.4 Å². The van der Waals surface area contributed by atoms with Crippen molar-refractivity contribution in [3.63, 3.8) is 0 Å². The second kappa shape index (κ2) is 11.6. The minimum absolute atomic E-state index is 0.0133. The number of nitrogens with one attached hydrogen (secondary N) is 1. The van der Waals surface area contributed by atoms with Crippen molar-refractivity contribution in [2.24, 2.45) is 0 Å². The molecule has 9 heteroatoms. The molecular weight excluding hydrogens is 494 g/mol. The fourth-order valence-electron chi connectivity index (χ4n) is 5.42. The average Bonchev–Trinajstić information content (AvgIpc) is 3.24. The van der Waals surface area contributed by atoms with Gasteiger partial charge in [0, 0.05) is 49.2 Å². The number of benzene rings is 2. The van der Waals surface area contributed by atoms with Crippen molar-refractivity contribution in [3.8, 4) is 5.75 Å². The number of ether oxygens (including phenoxy) is 1. The molecule has 0 bridgehead atoms. The van der Waals surface area contributed by atoms with Gasteiger partial charge in [-0.2, -0.15) is 0 Å². The van der Waals surface area contributed by atoms with Gasteiger partial charge in [-0.3, -0.25) is 19.4 Å². The summed E-state index contributed by atoms with van der Waals surface area (Å²) in [6.07, 6.45) is 3.33. The Morgan fingerprint density at radius 3 is 2.36 bits per heavy atom. The molecule has 3 amide bonds. The summed E-state index contributed by atoms with van der Waals surface area (Å²) in [5.74, 6) is 0.368. The fraction of sp³-hybridized carbons (Fsp3) is 0.333. The molecule has 2 saturated heterocycles. The van der Waals surface area contributed by atoms with Crippen LogP contribution in [-0.4, -0.2) is 78.0 Å². The Bertz CT molecular complexity index is 1290. The standard InChI is InChI=1S/C30H33N5O4/c1-39-26-12-10-23(11-13-26)28(37)33-19-15-30(16-20-33)29(38)34(22-35(30)25-8-3-2-4-9-25)21-27(36)32-18-14-24-7-5-6-17-31-24/h2-13,17H,14-16,18-22H2,1H3,(H,32,36). The minimum atomic E-state index is -0.799. The summed E-state index contributed by atoms with van der Waals surface area (Å²) >= 11 is 0. The lowest BCUT2D eigenvalue weighted by molar-refractivity contribution is -0.137. The molecule has 39 heavy (non-hydrogen) atoms. The number of nitrogens with zero attached hydrogens (tertiary/aromatic N) is 4. The number of hydrogen-bond donors (Lipinski definition) is 1. The SMILES string of the molecule is COc1ccc(C(=O)N2CCC3(CC2)C(=O)N(CC(=O)NCCc2ccccn2)CN3c2ccccc2)cc1. The number of methoxy groups -OCH3 is 1. The Morgan fingerprint density at radius 1 is 0.974 bits per heavy atom. The van der Waals surface area contributed by atoms with Gasteiger partial charge >= 0.3 is 0 Å². The van der Waals surface area contributed by atoms with Gasteiger partial charge in [-0.1, -0.05) is 24.3 Å². The Balaban J connectivity index is 1.26. The first-order valence-electron chi connectivity index (χ1n) is 13.2. The van der Waals surface area contributed by atoms with E-state index in [1.165, 1.54) is 0 Å². The van der Waals surface area contributed by atoms with Crippen LogP contribution in [0.3, 0.4) is 0 Å². The molecule has 1 aromatic heterocycles. The lowest BCUT2D eigenvalue weighted by atomic mass is 9.85. The van der Waals surface area contributed by atoms with Crippen LogP contribution in [0.1, 0.15) is 28.9 Å². The van der Waals surface area contributed by atoms with E-state index in [1.807, 2.05) is 48.5 Å². The molecule has 202 valence electrons. The Morgan fingerprint density at radius 2 is 1.69 bits per heavy atom. The monoisotopic (exact) mass is 527 g/mol. The number of anilines is 1. The molecule has 2 fully saturated rings. The number of aromatic nitrogens is 1. The van der Waals surface area contributed by atoms with Crippen molar-refractivity contribution in [3.05, 3.63) is 90.3 Å². The lowest BCUT2D eigenvalue weighted by Gasteiger charge is -2.43. The molecule has 3 aromatic rings. The van der Waals surface area contributed by atoms with Gasteiger partial charge in [0.2, 0.25) is 5.91 Å². The molecule has 0 atom stereocenters. The summed E-state index contributed by atoms with van der Waals surface area (Å²) in [7, 11) is 1.59. The van der Waals surface area contributed by atoms with Crippen molar-refractivity contribution in [1.29, 1.82) is 0 Å². The lowest BCUT2D eigenvalue weighted by Crippen LogP contribution is -2.57. The third-order valence-corrected chi connectivity index (χ3v) is 7.56. The van der Waals surface area contributed by atoms with Crippen LogP contribution < -0.4 is 15.0 Å². The summed E-state index contributed by atoms with van der Waals surface area (Å²) in [5.41, 5.74) is 1.62. The first-order valence-corrected chi connectivity index (χ1v) is 13.2. The van der Waals surface area contributed by atoms with Gasteiger partial charge in [0.15, 0.2) is 0 Å². The highest BCUT2D eigenvalue weighted by Crippen LogP contribution is 2.39. The third-order valence-electron chi connectivity index (χ3n) is 7.56. The molecule has 5 rings (SSSR count). The number of amides is 3. The molecule has 2 aromatic carbocycles. The van der Waals surface area contributed by atoms with Gasteiger partial charge in [0.1, 0.15) is 17.8 Å². The normalized spacial score (nSPS) is 16.4. The number of pyridine rings is 1. The number of piperidine rings is 1. The molecule has 3 heterocycles. The van der Waals surface area contributed by atoms with Gasteiger partial charge < -0.3 is 24.8 Å². The molecule has 9 nitrogen and oxygen atoms in total. The highest BCUT2D eigenvalue weighted by atomic mass is 16.5. The van der Waals surface area contributed by atoms with Crippen molar-refractivity contribution >= 4 is 23.4 Å². The summed E-state index contributed by atoms with van der Waals surface area (Å²) < 4.78 is 5.20. The number of carbonyl (C=O) groups excluding carboxylic acids is 3. The summed E-state index contributed by atoms with van der Waals surface area (Å²) in [6, 6.07) is 22.6. The maximum atomic E-state index is 13.9. The molecule has 0 radical (unpaired) electrons. The van der Waals surface area contributed by atoms with Gasteiger partial charge in [-0.25, -0.2) is 0 Å². The minimum Gasteiger partial charge on any atom is -0.497 e. The molecule has 1 N–H and O–H groups in total. The number of carbonyl (C=O) groups is 3. The number of rotatable bonds is 8. The highest BCUT2D eigenvalue weighted by Gasteiger charge is 2.54. The van der Waals surface area contributed by atoms with Crippen LogP contribution in [0.2, 0.25) is 0 Å². The van der Waals surface area contributed by atoms with E-state index in [4.69, 9.17) is 4.74 Å². The zero-order valence-corrected chi connectivity index (χ0v) is 22.1. The molecule has 1 spiro atoms. The van der Waals surface area contributed by atoms with E-state index < -0.39 is 5.54 Å². The average molecular weight is 528 g/mol. The van der Waals surface area contributed by atoms with Crippen LogP contribution in [0.25, 0.3) is 0 Å². The van der Waals surface area contributed by atoms with Crippen LogP contribution >= 0.6 is 0 Å². The van der Waals surface area contributed by atoms with Crippen LogP contribution in [0, 0.1) is 0 Å². The summed E-state index contributed by atoms with van der Waals surface area (Å²) in [5, 5.41) is 2.92. The summed E-state index contributed by atoms with van der Waals surface area (Å²) in [4.78, 5) is 49.7. The zero-order chi connectivity index (χ0) is 27.2. The Labute approximate surface area is 228 Å². The van der Waals surface area contributed by atoms with E-state index in [1.54, 1.807) is 47.4 Å². The van der Waals surface area contributed by atoms with Gasteiger partial charge in [-0.15, -0.1) is 0 Å². The Hall–Kier alpha value is -4.40. The van der Waals surface area contributed by atoms with Crippen LogP contribution in [-0.2, 0) is 16.0 Å². The van der Waals surface area contributed by atoms with E-state index in [0.29, 0.717) is 56.9 Å². The van der Waals surface area contributed by atoms with Crippen LogP contribution in [0.4, 0.5) is 5.69 Å². The largest absolute Gasteiger partial charge is 0.497 e. The first-order chi connectivity index (χ1) is 19.0. The molecule has 2 aliphatic rings. The van der Waals surface area contributed by atoms with Gasteiger partial charge in [0.05, 0.1) is 13.8 Å². The molecule has 0 aliphatic carbocycles. The van der Waals surface area contributed by atoms with Crippen molar-refractivity contribution in [2.75, 3.05) is 44.9 Å². The molecule has 0 saturated carbocycles. The number of para-hydroxylation sites is 1. The topological polar surface area (TPSA) is 95.1 Å². The number of likely N-dealkylation sites (tertiary alicyclic amines) is 1. The van der Waals surface area contributed by atoms with E-state index >= 15 is 0 Å². The number of hydrogen-bond acceptors (Lipinski definition) is 6. The fourth-order valence-corrected chi connectivity index (χ4v) is 5.42. The predicted molar refractivity (Wildman–Crippen MR) is 147 cm³/mol. The molecule has 0 unspecified atom stereocenters. The Kier molecular flexibility index (Phi) is 7.76. The molecular formula is C30H33N5O4. The van der Waals surface area contributed by atoms with E-state index in [0.717, 1.165) is 11.4 Å². The van der Waals surface area contributed by atoms with Crippen LogP contribution in [0.5, 0.6) is 5.75 Å². The van der Waals surface area contributed by atoms with Crippen LogP contribution in [0.15, 0.2) is 79.0 Å². The predicted octanol–water partition coefficient (Wildman–Crippen LogP) is 2.73. The quantitative estimate of drug-likeness (QED) is 0.484. The maximum Gasteiger partial charge on any atom is 0.253 e.